The van der Waals surface area contributed by atoms with Crippen LogP contribution in [0.5, 0.6) is 0 Å². The fraction of sp³-hybridized carbons (Fsp3) is 0.0833. The molecule has 0 radical (unpaired) electrons. The van der Waals surface area contributed by atoms with Crippen LogP contribution in [0.1, 0.15) is 21.6 Å². The highest BCUT2D eigenvalue weighted by atomic mass is 32.1. The van der Waals surface area contributed by atoms with Crippen LogP contribution in [0.4, 0.5) is 0 Å². The number of aromatic nitrogens is 1. The normalized spacial score (nSPS) is 9.88. The highest BCUT2D eigenvalue weighted by Gasteiger charge is 2.15. The summed E-state index contributed by atoms with van der Waals surface area (Å²) in [4.78, 5) is 23.5. The van der Waals surface area contributed by atoms with Crippen LogP contribution in [-0.4, -0.2) is 10.4 Å². The Morgan fingerprint density at radius 2 is 2.18 bits per heavy atom. The number of nitriles is 1. The van der Waals surface area contributed by atoms with E-state index in [4.69, 9.17) is 5.26 Å². The lowest BCUT2D eigenvalue weighted by atomic mass is 10.0. The molecule has 0 aliphatic heterocycles. The van der Waals surface area contributed by atoms with Crippen LogP contribution in [-0.2, 0) is 0 Å². The van der Waals surface area contributed by atoms with Crippen molar-refractivity contribution < 1.29 is 4.79 Å². The molecule has 2 aromatic rings. The van der Waals surface area contributed by atoms with Crippen LogP contribution >= 0.6 is 11.3 Å². The molecule has 4 nitrogen and oxygen atoms in total. The Bertz CT molecular complexity index is 663. The molecule has 5 heteroatoms. The van der Waals surface area contributed by atoms with Crippen molar-refractivity contribution in [1.82, 2.24) is 4.57 Å². The second kappa shape index (κ2) is 4.36. The third kappa shape index (κ3) is 1.90. The number of nitrogens with zero attached hydrogens (tertiary/aromatic N) is 2. The number of pyridine rings is 1. The zero-order valence-corrected chi connectivity index (χ0v) is 9.82. The second-order valence-electron chi connectivity index (χ2n) is 3.45. The van der Waals surface area contributed by atoms with Crippen molar-refractivity contribution in [2.75, 3.05) is 0 Å². The largest absolute Gasteiger partial charge is 0.289 e. The van der Waals surface area contributed by atoms with Crippen molar-refractivity contribution in [3.63, 3.8) is 0 Å². The molecule has 2 rings (SSSR count). The molecule has 2 aromatic heterocycles. The van der Waals surface area contributed by atoms with Crippen LogP contribution in [0.15, 0.2) is 33.8 Å². The van der Waals surface area contributed by atoms with Gasteiger partial charge in [-0.3, -0.25) is 9.59 Å². The first kappa shape index (κ1) is 11.3. The van der Waals surface area contributed by atoms with Crippen molar-refractivity contribution in [1.29, 1.82) is 5.26 Å². The number of hydrogen-bond acceptors (Lipinski definition) is 4. The monoisotopic (exact) mass is 244 g/mol. The van der Waals surface area contributed by atoms with Crippen LogP contribution in [0.25, 0.3) is 0 Å². The lowest BCUT2D eigenvalue weighted by Crippen LogP contribution is -2.20. The maximum atomic E-state index is 12.1. The van der Waals surface area contributed by atoms with E-state index in [1.165, 1.54) is 23.5 Å². The summed E-state index contributed by atoms with van der Waals surface area (Å²) >= 11 is 1.43. The first-order valence-electron chi connectivity index (χ1n) is 4.85. The molecule has 84 valence electrons. The number of rotatable bonds is 2. The summed E-state index contributed by atoms with van der Waals surface area (Å²) in [5.41, 5.74) is 0.897. The molecular formula is C12H8N2O2S. The highest BCUT2D eigenvalue weighted by Crippen LogP contribution is 2.14. The Morgan fingerprint density at radius 1 is 1.41 bits per heavy atom. The SMILES string of the molecule is Cc1c(C(=O)c2ccsc2)ccc(=O)n1C#N. The summed E-state index contributed by atoms with van der Waals surface area (Å²) in [6.07, 6.45) is 1.76. The first-order valence-corrected chi connectivity index (χ1v) is 5.79. The van der Waals surface area contributed by atoms with E-state index < -0.39 is 5.56 Å². The van der Waals surface area contributed by atoms with E-state index in [0.29, 0.717) is 16.8 Å². The molecule has 0 atom stereocenters. The minimum absolute atomic E-state index is 0.173. The maximum absolute atomic E-state index is 12.1. The van der Waals surface area contributed by atoms with Crippen LogP contribution < -0.4 is 5.56 Å². The molecular weight excluding hydrogens is 236 g/mol. The molecule has 0 saturated carbocycles. The number of thiophene rings is 1. The summed E-state index contributed by atoms with van der Waals surface area (Å²) in [7, 11) is 0. The summed E-state index contributed by atoms with van der Waals surface area (Å²) in [5, 5.41) is 12.4. The smallest absolute Gasteiger partial charge is 0.264 e. The van der Waals surface area contributed by atoms with Gasteiger partial charge in [-0.2, -0.15) is 16.6 Å². The molecule has 0 N–H and O–H groups in total. The maximum Gasteiger partial charge on any atom is 0.264 e. The van der Waals surface area contributed by atoms with Gasteiger partial charge in [-0.1, -0.05) is 0 Å². The van der Waals surface area contributed by atoms with Gasteiger partial charge in [0.05, 0.1) is 0 Å². The third-order valence-electron chi connectivity index (χ3n) is 2.47. The van der Waals surface area contributed by atoms with Crippen molar-refractivity contribution in [2.45, 2.75) is 6.92 Å². The Morgan fingerprint density at radius 3 is 2.76 bits per heavy atom. The average Bonchev–Trinajstić information content (AvgIpc) is 2.82. The standard InChI is InChI=1S/C12H8N2O2S/c1-8-10(2-3-11(15)14(8)7-13)12(16)9-4-5-17-6-9/h2-6H,1H3. The molecule has 0 saturated heterocycles. The molecule has 0 bridgehead atoms. The van der Waals surface area contributed by atoms with Crippen LogP contribution in [0.2, 0.25) is 0 Å². The van der Waals surface area contributed by atoms with E-state index in [2.05, 4.69) is 0 Å². The molecule has 0 fully saturated rings. The second-order valence-corrected chi connectivity index (χ2v) is 4.23. The fourth-order valence-electron chi connectivity index (χ4n) is 1.55. The van der Waals surface area contributed by atoms with Gasteiger partial charge in [0.25, 0.3) is 5.56 Å². The quantitative estimate of drug-likeness (QED) is 0.756. The average molecular weight is 244 g/mol. The zero-order chi connectivity index (χ0) is 12.4. The molecule has 0 amide bonds. The van der Waals surface area contributed by atoms with Gasteiger partial charge in [0.1, 0.15) is 0 Å². The Hall–Kier alpha value is -2.19. The lowest BCUT2D eigenvalue weighted by Gasteiger charge is -2.05. The van der Waals surface area contributed by atoms with Gasteiger partial charge in [-0.05, 0) is 24.4 Å². The predicted molar refractivity (Wildman–Crippen MR) is 64.2 cm³/mol. The zero-order valence-electron chi connectivity index (χ0n) is 9.01. The van der Waals surface area contributed by atoms with Crippen molar-refractivity contribution in [3.05, 3.63) is 56.1 Å². The fourth-order valence-corrected chi connectivity index (χ4v) is 2.18. The minimum Gasteiger partial charge on any atom is -0.289 e. The third-order valence-corrected chi connectivity index (χ3v) is 3.15. The number of ketones is 1. The van der Waals surface area contributed by atoms with E-state index in [9.17, 15) is 9.59 Å². The van der Waals surface area contributed by atoms with Crippen LogP contribution in [0.3, 0.4) is 0 Å². The van der Waals surface area contributed by atoms with Gasteiger partial charge >= 0.3 is 0 Å². The number of carbonyl (C=O) groups excluding carboxylic acids is 1. The van der Waals surface area contributed by atoms with E-state index in [1.807, 2.05) is 5.38 Å². The van der Waals surface area contributed by atoms with E-state index in [1.54, 1.807) is 24.6 Å². The summed E-state index contributed by atoms with van der Waals surface area (Å²) in [5.74, 6) is -0.173. The van der Waals surface area contributed by atoms with Gasteiger partial charge in [0.2, 0.25) is 0 Å². The molecule has 0 aromatic carbocycles. The van der Waals surface area contributed by atoms with E-state index >= 15 is 0 Å². The van der Waals surface area contributed by atoms with Crippen LogP contribution in [0, 0.1) is 18.4 Å². The molecule has 0 unspecified atom stereocenters. The van der Waals surface area contributed by atoms with Gasteiger partial charge < -0.3 is 0 Å². The summed E-state index contributed by atoms with van der Waals surface area (Å²) in [6.45, 7) is 1.59. The van der Waals surface area contributed by atoms with Gasteiger partial charge in [0, 0.05) is 28.3 Å². The highest BCUT2D eigenvalue weighted by molar-refractivity contribution is 7.08. The molecule has 0 aliphatic rings. The van der Waals surface area contributed by atoms with E-state index in [0.717, 1.165) is 4.57 Å². The van der Waals surface area contributed by atoms with E-state index in [-0.39, 0.29) is 5.78 Å². The summed E-state index contributed by atoms with van der Waals surface area (Å²) < 4.78 is 0.916. The Kier molecular flexibility index (Phi) is 2.90. The van der Waals surface area contributed by atoms with Gasteiger partial charge in [-0.25, -0.2) is 4.57 Å². The van der Waals surface area contributed by atoms with Crippen molar-refractivity contribution >= 4 is 17.1 Å². The van der Waals surface area contributed by atoms with Crippen molar-refractivity contribution in [2.24, 2.45) is 0 Å². The molecule has 2 heterocycles. The number of carbonyl (C=O) groups is 1. The van der Waals surface area contributed by atoms with Gasteiger partial charge in [0.15, 0.2) is 12.0 Å². The molecule has 0 aliphatic carbocycles. The van der Waals surface area contributed by atoms with Crippen molar-refractivity contribution in [3.8, 4) is 6.19 Å². The Labute approximate surface area is 101 Å². The summed E-state index contributed by atoms with van der Waals surface area (Å²) in [6, 6.07) is 4.41. The Balaban J connectivity index is 2.59. The lowest BCUT2D eigenvalue weighted by molar-refractivity contribution is 0.103. The topological polar surface area (TPSA) is 62.9 Å². The first-order chi connectivity index (χ1) is 8.15. The minimum atomic E-state index is -0.424. The van der Waals surface area contributed by atoms with Gasteiger partial charge in [-0.15, -0.1) is 0 Å². The molecule has 0 spiro atoms. The predicted octanol–water partition coefficient (Wildman–Crippen LogP) is 1.78. The number of hydrogen-bond donors (Lipinski definition) is 0. The molecule has 17 heavy (non-hydrogen) atoms.